The van der Waals surface area contributed by atoms with E-state index in [-0.39, 0.29) is 17.6 Å². The van der Waals surface area contributed by atoms with E-state index in [0.717, 1.165) is 47.2 Å². The van der Waals surface area contributed by atoms with Crippen molar-refractivity contribution in [1.29, 1.82) is 0 Å². The van der Waals surface area contributed by atoms with Gasteiger partial charge in [-0.2, -0.15) is 0 Å². The number of carbonyl (C=O) groups excluding carboxylic acids is 2. The first-order chi connectivity index (χ1) is 22.0. The molecule has 0 aliphatic heterocycles. The second-order valence-corrected chi connectivity index (χ2v) is 14.2. The number of rotatable bonds is 10. The third-order valence-corrected chi connectivity index (χ3v) is 9.67. The zero-order valence-electron chi connectivity index (χ0n) is 28.5. The molecule has 1 aliphatic rings. The monoisotopic (exact) mass is 611 g/mol. The normalized spacial score (nSPS) is 15.6. The third-order valence-electron chi connectivity index (χ3n) is 9.67. The van der Waals surface area contributed by atoms with Gasteiger partial charge in [-0.05, 0) is 108 Å². The van der Waals surface area contributed by atoms with Crippen molar-refractivity contribution in [2.75, 3.05) is 5.32 Å². The molecule has 4 aromatic rings. The topological polar surface area (TPSA) is 46.2 Å². The fourth-order valence-corrected chi connectivity index (χ4v) is 6.71. The molecule has 0 heterocycles. The van der Waals surface area contributed by atoms with E-state index >= 15 is 0 Å². The van der Waals surface area contributed by atoms with Crippen molar-refractivity contribution < 1.29 is 9.59 Å². The third kappa shape index (κ3) is 8.12. The quantitative estimate of drug-likeness (QED) is 0.181. The maximum atomic E-state index is 14.0. The lowest BCUT2D eigenvalue weighted by Gasteiger charge is -2.33. The predicted octanol–water partition coefficient (Wildman–Crippen LogP) is 11.1. The lowest BCUT2D eigenvalue weighted by molar-refractivity contribution is -0.117. The van der Waals surface area contributed by atoms with Crippen LogP contribution < -0.4 is 5.32 Å². The molecule has 1 amide bonds. The summed E-state index contributed by atoms with van der Waals surface area (Å²) in [6.07, 6.45) is 7.76. The van der Waals surface area contributed by atoms with Crippen LogP contribution in [0, 0.1) is 25.2 Å². The minimum atomic E-state index is -0.379. The average Bonchev–Trinajstić information content (AvgIpc) is 3.04. The average molecular weight is 612 g/mol. The van der Waals surface area contributed by atoms with Gasteiger partial charge in [-0.15, -0.1) is 0 Å². The molecule has 5 rings (SSSR count). The molecular formula is C43H49NO2. The van der Waals surface area contributed by atoms with E-state index in [1.54, 1.807) is 0 Å². The van der Waals surface area contributed by atoms with Gasteiger partial charge in [0.2, 0.25) is 5.91 Å². The number of aryl methyl sites for hydroxylation is 2. The van der Waals surface area contributed by atoms with Gasteiger partial charge in [0.15, 0.2) is 5.78 Å². The largest absolute Gasteiger partial charge is 0.326 e. The van der Waals surface area contributed by atoms with E-state index in [4.69, 9.17) is 0 Å². The van der Waals surface area contributed by atoms with E-state index in [9.17, 15) is 9.59 Å². The van der Waals surface area contributed by atoms with Crippen molar-refractivity contribution in [2.24, 2.45) is 11.3 Å². The van der Waals surface area contributed by atoms with Crippen molar-refractivity contribution in [3.63, 3.8) is 0 Å². The zero-order chi connectivity index (χ0) is 32.8. The lowest BCUT2D eigenvalue weighted by Crippen LogP contribution is -2.23. The fraction of sp³-hybridized carbons (Fsp3) is 0.349. The lowest BCUT2D eigenvalue weighted by atomic mass is 9.72. The SMILES string of the molecule is CCCC(=O)c1ccc(C[C@@H](C(=O)Nc2ccc(-c3ccc(C)cc3C)cc2)c2ccc(C3=CC[C@H](C(C)(C)C)CC3)cc2)cc1. The Morgan fingerprint density at radius 3 is 2.11 bits per heavy atom. The fourth-order valence-electron chi connectivity index (χ4n) is 6.71. The molecular weight excluding hydrogens is 562 g/mol. The van der Waals surface area contributed by atoms with Crippen LogP contribution in [-0.4, -0.2) is 11.7 Å². The highest BCUT2D eigenvalue weighted by Gasteiger charge is 2.27. The summed E-state index contributed by atoms with van der Waals surface area (Å²) in [5.41, 5.74) is 11.3. The van der Waals surface area contributed by atoms with Crippen molar-refractivity contribution in [1.82, 2.24) is 0 Å². The molecule has 0 unspecified atom stereocenters. The molecule has 0 radical (unpaired) electrons. The summed E-state index contributed by atoms with van der Waals surface area (Å²) in [6.45, 7) is 13.3. The van der Waals surface area contributed by atoms with E-state index in [1.165, 1.54) is 34.2 Å². The first-order valence-electron chi connectivity index (χ1n) is 16.9. The molecule has 0 saturated carbocycles. The Balaban J connectivity index is 1.37. The molecule has 0 spiro atoms. The molecule has 1 N–H and O–H groups in total. The maximum Gasteiger partial charge on any atom is 0.232 e. The van der Waals surface area contributed by atoms with E-state index in [0.29, 0.717) is 24.2 Å². The van der Waals surface area contributed by atoms with Crippen LogP contribution in [0.25, 0.3) is 16.7 Å². The number of amides is 1. The Bertz CT molecular complexity index is 1690. The van der Waals surface area contributed by atoms with Gasteiger partial charge >= 0.3 is 0 Å². The highest BCUT2D eigenvalue weighted by Crippen LogP contribution is 2.40. The summed E-state index contributed by atoms with van der Waals surface area (Å²) in [6, 6.07) is 31.0. The molecule has 3 heteroatoms. The van der Waals surface area contributed by atoms with Gasteiger partial charge in [0.05, 0.1) is 5.92 Å². The second-order valence-electron chi connectivity index (χ2n) is 14.2. The van der Waals surface area contributed by atoms with Crippen LogP contribution >= 0.6 is 0 Å². The van der Waals surface area contributed by atoms with Crippen molar-refractivity contribution in [3.05, 3.63) is 130 Å². The first-order valence-corrected chi connectivity index (χ1v) is 16.9. The van der Waals surface area contributed by atoms with Crippen LogP contribution in [-0.2, 0) is 11.2 Å². The molecule has 238 valence electrons. The van der Waals surface area contributed by atoms with Crippen molar-refractivity contribution in [2.45, 2.75) is 86.0 Å². The van der Waals surface area contributed by atoms with Crippen molar-refractivity contribution >= 4 is 23.0 Å². The molecule has 0 fully saturated rings. The van der Waals surface area contributed by atoms with Crippen LogP contribution in [0.2, 0.25) is 0 Å². The van der Waals surface area contributed by atoms with E-state index in [1.807, 2.05) is 43.3 Å². The Morgan fingerprint density at radius 1 is 0.848 bits per heavy atom. The first kappa shape index (κ1) is 33.1. The second kappa shape index (κ2) is 14.5. The summed E-state index contributed by atoms with van der Waals surface area (Å²) in [5, 5.41) is 3.20. The molecule has 0 saturated heterocycles. The number of carbonyl (C=O) groups is 2. The number of benzene rings is 4. The van der Waals surface area contributed by atoms with Crippen LogP contribution in [0.4, 0.5) is 5.69 Å². The van der Waals surface area contributed by atoms with Gasteiger partial charge in [-0.3, -0.25) is 9.59 Å². The molecule has 3 nitrogen and oxygen atoms in total. The Hall–Kier alpha value is -4.24. The van der Waals surface area contributed by atoms with Crippen molar-refractivity contribution in [3.8, 4) is 11.1 Å². The predicted molar refractivity (Wildman–Crippen MR) is 193 cm³/mol. The number of hydrogen-bond donors (Lipinski definition) is 1. The summed E-state index contributed by atoms with van der Waals surface area (Å²) >= 11 is 0. The summed E-state index contributed by atoms with van der Waals surface area (Å²) < 4.78 is 0. The molecule has 1 aliphatic carbocycles. The number of hydrogen-bond acceptors (Lipinski definition) is 2. The van der Waals surface area contributed by atoms with Gasteiger partial charge in [-0.1, -0.05) is 118 Å². The van der Waals surface area contributed by atoms with Crippen LogP contribution in [0.3, 0.4) is 0 Å². The molecule has 0 aromatic heterocycles. The molecule has 2 atom stereocenters. The zero-order valence-corrected chi connectivity index (χ0v) is 28.5. The summed E-state index contributed by atoms with van der Waals surface area (Å²) in [4.78, 5) is 26.4. The van der Waals surface area contributed by atoms with Gasteiger partial charge in [0, 0.05) is 17.7 Å². The standard InChI is InChI=1S/C43H49NO2/c1-7-8-41(45)36-12-10-31(11-13-36)28-40(35-16-14-32(15-17-35)33-18-22-37(23-19-33)43(4,5)6)42(46)44-38-24-20-34(21-25-38)39-26-9-29(2)27-30(39)3/h9-18,20-21,24-27,37,40H,7-8,19,22-23,28H2,1-6H3,(H,44,46)/t37-,40+/m0/s1. The highest BCUT2D eigenvalue weighted by atomic mass is 16.2. The molecule has 0 bridgehead atoms. The Kier molecular flexibility index (Phi) is 10.4. The minimum Gasteiger partial charge on any atom is -0.326 e. The Labute approximate surface area is 276 Å². The summed E-state index contributed by atoms with van der Waals surface area (Å²) in [5.74, 6) is 0.454. The van der Waals surface area contributed by atoms with Crippen LogP contribution in [0.15, 0.2) is 97.1 Å². The van der Waals surface area contributed by atoms with E-state index in [2.05, 4.69) is 101 Å². The maximum absolute atomic E-state index is 14.0. The molecule has 4 aromatic carbocycles. The molecule has 46 heavy (non-hydrogen) atoms. The van der Waals surface area contributed by atoms with Gasteiger partial charge in [0.25, 0.3) is 0 Å². The van der Waals surface area contributed by atoms with Crippen LogP contribution in [0.5, 0.6) is 0 Å². The van der Waals surface area contributed by atoms with Crippen LogP contribution in [0.1, 0.15) is 104 Å². The van der Waals surface area contributed by atoms with Gasteiger partial charge in [0.1, 0.15) is 0 Å². The Morgan fingerprint density at radius 2 is 1.52 bits per heavy atom. The van der Waals surface area contributed by atoms with Gasteiger partial charge in [-0.25, -0.2) is 0 Å². The van der Waals surface area contributed by atoms with E-state index < -0.39 is 0 Å². The number of Topliss-reactive ketones (excluding diaryl/α,β-unsaturated/α-hetero) is 1. The summed E-state index contributed by atoms with van der Waals surface area (Å²) in [7, 11) is 0. The smallest absolute Gasteiger partial charge is 0.232 e. The number of ketones is 1. The minimum absolute atomic E-state index is 0.0388. The number of nitrogens with one attached hydrogen (secondary N) is 1. The number of allylic oxidation sites excluding steroid dienone is 2. The van der Waals surface area contributed by atoms with Gasteiger partial charge < -0.3 is 5.32 Å². The highest BCUT2D eigenvalue weighted by molar-refractivity contribution is 5.97. The number of anilines is 1.